The van der Waals surface area contributed by atoms with Crippen molar-refractivity contribution in [1.29, 1.82) is 0 Å². The van der Waals surface area contributed by atoms with Crippen LogP contribution in [0.4, 0.5) is 5.69 Å². The smallest absolute Gasteiger partial charge is 0.264 e. The summed E-state index contributed by atoms with van der Waals surface area (Å²) in [5.41, 5.74) is 2.45. The third kappa shape index (κ3) is 3.23. The van der Waals surface area contributed by atoms with E-state index >= 15 is 0 Å². The third-order valence-corrected chi connectivity index (χ3v) is 3.53. The Morgan fingerprint density at radius 2 is 2.18 bits per heavy atom. The van der Waals surface area contributed by atoms with Gasteiger partial charge in [-0.3, -0.25) is 19.3 Å². The molecule has 114 valence electrons. The molecule has 0 fully saturated rings. The first-order valence-electron chi connectivity index (χ1n) is 6.72. The maximum Gasteiger partial charge on any atom is 0.264 e. The topological polar surface area (TPSA) is 70.4 Å². The Labute approximate surface area is 133 Å². The molecule has 0 spiro atoms. The van der Waals surface area contributed by atoms with Crippen molar-refractivity contribution in [1.82, 2.24) is 9.55 Å². The van der Waals surface area contributed by atoms with E-state index in [-0.39, 0.29) is 16.2 Å². The van der Waals surface area contributed by atoms with Crippen LogP contribution in [0.3, 0.4) is 0 Å². The lowest BCUT2D eigenvalue weighted by atomic mass is 10.1. The van der Waals surface area contributed by atoms with Gasteiger partial charge in [0.2, 0.25) is 5.88 Å². The maximum absolute atomic E-state index is 12.0. The second-order valence-electron chi connectivity index (χ2n) is 4.94. The van der Waals surface area contributed by atoms with Gasteiger partial charge in [-0.2, -0.15) is 0 Å². The lowest BCUT2D eigenvalue weighted by Crippen LogP contribution is -2.18. The SMILES string of the molecule is C=CCn1c(O)c(C=Nc2ccc(C)cc2C)c(=O)[nH]c1=S. The molecule has 0 saturated heterocycles. The molecular formula is C16H17N3O2S. The van der Waals surface area contributed by atoms with E-state index in [9.17, 15) is 9.90 Å². The lowest BCUT2D eigenvalue weighted by molar-refractivity contribution is 0.413. The molecule has 6 heteroatoms. The van der Waals surface area contributed by atoms with Crippen LogP contribution in [-0.4, -0.2) is 20.9 Å². The molecule has 5 nitrogen and oxygen atoms in total. The summed E-state index contributed by atoms with van der Waals surface area (Å²) in [4.78, 5) is 18.8. The number of aromatic hydroxyl groups is 1. The van der Waals surface area contributed by atoms with Gasteiger partial charge in [-0.05, 0) is 37.7 Å². The monoisotopic (exact) mass is 315 g/mol. The minimum atomic E-state index is -0.476. The molecule has 0 bridgehead atoms. The number of nitrogens with zero attached hydrogens (tertiary/aromatic N) is 2. The van der Waals surface area contributed by atoms with E-state index in [2.05, 4.69) is 16.6 Å². The molecule has 0 amide bonds. The average molecular weight is 315 g/mol. The van der Waals surface area contributed by atoms with E-state index in [1.165, 1.54) is 10.8 Å². The predicted molar refractivity (Wildman–Crippen MR) is 90.9 cm³/mol. The van der Waals surface area contributed by atoms with Crippen LogP contribution in [0.15, 0.2) is 40.6 Å². The molecule has 0 radical (unpaired) electrons. The van der Waals surface area contributed by atoms with E-state index in [4.69, 9.17) is 12.2 Å². The fraction of sp³-hybridized carbons (Fsp3) is 0.188. The highest BCUT2D eigenvalue weighted by Crippen LogP contribution is 2.20. The van der Waals surface area contributed by atoms with Gasteiger partial charge in [0.15, 0.2) is 4.77 Å². The number of aromatic amines is 1. The third-order valence-electron chi connectivity index (χ3n) is 3.20. The molecule has 22 heavy (non-hydrogen) atoms. The first-order valence-corrected chi connectivity index (χ1v) is 7.13. The number of hydrogen-bond donors (Lipinski definition) is 2. The Kier molecular flexibility index (Phi) is 4.72. The lowest BCUT2D eigenvalue weighted by Gasteiger charge is -2.08. The highest BCUT2D eigenvalue weighted by molar-refractivity contribution is 7.71. The van der Waals surface area contributed by atoms with E-state index in [0.29, 0.717) is 6.54 Å². The van der Waals surface area contributed by atoms with E-state index < -0.39 is 5.56 Å². The minimum Gasteiger partial charge on any atom is -0.494 e. The van der Waals surface area contributed by atoms with Gasteiger partial charge < -0.3 is 5.11 Å². The number of hydrogen-bond acceptors (Lipinski definition) is 4. The summed E-state index contributed by atoms with van der Waals surface area (Å²) < 4.78 is 1.53. The number of aryl methyl sites for hydroxylation is 2. The molecule has 2 aromatic rings. The zero-order valence-electron chi connectivity index (χ0n) is 12.5. The molecule has 0 atom stereocenters. The average Bonchev–Trinajstić information content (AvgIpc) is 2.45. The molecule has 1 aromatic heterocycles. The van der Waals surface area contributed by atoms with Crippen molar-refractivity contribution in [3.05, 3.63) is 62.7 Å². The predicted octanol–water partition coefficient (Wildman–Crippen LogP) is 3.16. The Bertz CT molecular complexity index is 863. The molecular weight excluding hydrogens is 298 g/mol. The Morgan fingerprint density at radius 1 is 1.45 bits per heavy atom. The second kappa shape index (κ2) is 6.53. The molecule has 0 aliphatic rings. The number of H-pyrrole nitrogens is 1. The quantitative estimate of drug-likeness (QED) is 0.517. The largest absolute Gasteiger partial charge is 0.494 e. The van der Waals surface area contributed by atoms with Gasteiger partial charge >= 0.3 is 0 Å². The van der Waals surface area contributed by atoms with Crippen molar-refractivity contribution in [2.24, 2.45) is 4.99 Å². The van der Waals surface area contributed by atoms with Gasteiger partial charge in [0.25, 0.3) is 5.56 Å². The minimum absolute atomic E-state index is 0.0652. The number of aliphatic imine (C=N–C) groups is 1. The summed E-state index contributed by atoms with van der Waals surface area (Å²) in [6, 6.07) is 5.81. The van der Waals surface area contributed by atoms with E-state index in [0.717, 1.165) is 16.8 Å². The van der Waals surface area contributed by atoms with Gasteiger partial charge in [-0.25, -0.2) is 0 Å². The van der Waals surface area contributed by atoms with Crippen molar-refractivity contribution >= 4 is 24.1 Å². The number of benzene rings is 1. The molecule has 0 aliphatic carbocycles. The normalized spacial score (nSPS) is 11.0. The van der Waals surface area contributed by atoms with Crippen LogP contribution in [0.5, 0.6) is 5.88 Å². The van der Waals surface area contributed by atoms with Crippen molar-refractivity contribution in [3.8, 4) is 5.88 Å². The number of nitrogens with one attached hydrogen (secondary N) is 1. The number of rotatable bonds is 4. The zero-order chi connectivity index (χ0) is 16.3. The molecule has 0 unspecified atom stereocenters. The first kappa shape index (κ1) is 15.9. The standard InChI is InChI=1S/C16H17N3O2S/c1-4-7-19-15(21)12(14(20)18-16(19)22)9-17-13-6-5-10(2)8-11(13)3/h4-6,8-9,21H,1,7H2,2-3H3,(H,18,20,22). The zero-order valence-corrected chi connectivity index (χ0v) is 13.3. The summed E-state index contributed by atoms with van der Waals surface area (Å²) in [5.74, 6) is -0.220. The van der Waals surface area contributed by atoms with Gasteiger partial charge in [0.05, 0.1) is 5.69 Å². The van der Waals surface area contributed by atoms with Crippen molar-refractivity contribution in [2.45, 2.75) is 20.4 Å². The summed E-state index contributed by atoms with van der Waals surface area (Å²) >= 11 is 5.02. The van der Waals surface area contributed by atoms with E-state index in [1.54, 1.807) is 6.08 Å². The van der Waals surface area contributed by atoms with Gasteiger partial charge in [0.1, 0.15) is 5.56 Å². The highest BCUT2D eigenvalue weighted by Gasteiger charge is 2.10. The molecule has 1 aromatic carbocycles. The van der Waals surface area contributed by atoms with Crippen LogP contribution in [-0.2, 0) is 6.54 Å². The highest BCUT2D eigenvalue weighted by atomic mass is 32.1. The van der Waals surface area contributed by atoms with Crippen LogP contribution in [0.2, 0.25) is 0 Å². The van der Waals surface area contributed by atoms with E-state index in [1.807, 2.05) is 32.0 Å². The summed E-state index contributed by atoms with van der Waals surface area (Å²) in [6.45, 7) is 7.83. The van der Waals surface area contributed by atoms with Crippen molar-refractivity contribution < 1.29 is 5.11 Å². The molecule has 2 rings (SSSR count). The molecule has 0 saturated carbocycles. The number of allylic oxidation sites excluding steroid dienone is 1. The second-order valence-corrected chi connectivity index (χ2v) is 5.33. The summed E-state index contributed by atoms with van der Waals surface area (Å²) in [6.07, 6.45) is 2.93. The summed E-state index contributed by atoms with van der Waals surface area (Å²) in [5, 5.41) is 10.2. The van der Waals surface area contributed by atoms with Gasteiger partial charge in [-0.1, -0.05) is 23.8 Å². The Balaban J connectivity index is 2.51. The molecule has 1 heterocycles. The van der Waals surface area contributed by atoms with Gasteiger partial charge in [0, 0.05) is 12.8 Å². The molecule has 2 N–H and O–H groups in total. The maximum atomic E-state index is 12.0. The van der Waals surface area contributed by atoms with Crippen LogP contribution >= 0.6 is 12.2 Å². The molecule has 0 aliphatic heterocycles. The van der Waals surface area contributed by atoms with Crippen LogP contribution in [0.25, 0.3) is 0 Å². The summed E-state index contributed by atoms with van der Waals surface area (Å²) in [7, 11) is 0. The fourth-order valence-corrected chi connectivity index (χ4v) is 2.33. The van der Waals surface area contributed by atoms with Crippen molar-refractivity contribution in [3.63, 3.8) is 0 Å². The fourth-order valence-electron chi connectivity index (χ4n) is 2.07. The van der Waals surface area contributed by atoms with Crippen molar-refractivity contribution in [2.75, 3.05) is 0 Å². The van der Waals surface area contributed by atoms with Gasteiger partial charge in [-0.15, -0.1) is 6.58 Å². The Morgan fingerprint density at radius 3 is 2.82 bits per heavy atom. The Hall–Kier alpha value is -2.47. The van der Waals surface area contributed by atoms with Crippen LogP contribution < -0.4 is 5.56 Å². The number of aromatic nitrogens is 2. The van der Waals surface area contributed by atoms with Crippen LogP contribution in [0, 0.1) is 18.6 Å². The van der Waals surface area contributed by atoms with Crippen LogP contribution in [0.1, 0.15) is 16.7 Å². The first-order chi connectivity index (χ1) is 10.4.